The highest BCUT2D eigenvalue weighted by Gasteiger charge is 2.16. The second-order valence-corrected chi connectivity index (χ2v) is 4.21. The molecule has 0 bridgehead atoms. The number of halogens is 2. The fourth-order valence-electron chi connectivity index (χ4n) is 1.99. The minimum atomic E-state index is -0.625. The van der Waals surface area contributed by atoms with Crippen molar-refractivity contribution in [2.45, 2.75) is 26.4 Å². The molecule has 0 spiro atoms. The molecule has 5 heteroatoms. The molecule has 1 unspecified atom stereocenters. The van der Waals surface area contributed by atoms with E-state index in [4.69, 9.17) is 5.73 Å². The van der Waals surface area contributed by atoms with Gasteiger partial charge in [0.2, 0.25) is 0 Å². The largest absolute Gasteiger partial charge is 0.319 e. The Labute approximate surface area is 104 Å². The predicted molar refractivity (Wildman–Crippen MR) is 65.0 cm³/mol. The van der Waals surface area contributed by atoms with Crippen LogP contribution in [0.2, 0.25) is 0 Å². The van der Waals surface area contributed by atoms with Crippen molar-refractivity contribution in [3.05, 3.63) is 52.9 Å². The van der Waals surface area contributed by atoms with Crippen LogP contribution in [0.5, 0.6) is 0 Å². The lowest BCUT2D eigenvalue weighted by molar-refractivity contribution is 0.568. The summed E-state index contributed by atoms with van der Waals surface area (Å²) in [5.74, 6) is -1.25. The van der Waals surface area contributed by atoms with Crippen molar-refractivity contribution in [3.63, 3.8) is 0 Å². The average molecular weight is 251 g/mol. The van der Waals surface area contributed by atoms with Crippen molar-refractivity contribution in [2.24, 2.45) is 5.73 Å². The van der Waals surface area contributed by atoms with Crippen LogP contribution in [0.15, 0.2) is 24.3 Å². The van der Waals surface area contributed by atoms with Gasteiger partial charge in [-0.1, -0.05) is 0 Å². The molecule has 18 heavy (non-hydrogen) atoms. The van der Waals surface area contributed by atoms with E-state index in [2.05, 4.69) is 5.10 Å². The highest BCUT2D eigenvalue weighted by Crippen LogP contribution is 2.22. The van der Waals surface area contributed by atoms with Gasteiger partial charge < -0.3 is 5.73 Å². The molecular formula is C13H15F2N3. The van der Waals surface area contributed by atoms with E-state index < -0.39 is 17.7 Å². The number of nitrogens with two attached hydrogens (primary N) is 1. The zero-order valence-electron chi connectivity index (χ0n) is 10.3. The molecule has 0 aliphatic heterocycles. The molecule has 2 N–H and O–H groups in total. The summed E-state index contributed by atoms with van der Waals surface area (Å²) in [7, 11) is 0. The lowest BCUT2D eigenvalue weighted by Crippen LogP contribution is -2.17. The first-order chi connectivity index (χ1) is 8.51. The third kappa shape index (κ3) is 2.41. The van der Waals surface area contributed by atoms with E-state index in [1.165, 1.54) is 12.1 Å². The zero-order valence-corrected chi connectivity index (χ0v) is 10.3. The number of benzene rings is 1. The molecule has 0 saturated heterocycles. The molecule has 3 nitrogen and oxygen atoms in total. The van der Waals surface area contributed by atoms with Crippen LogP contribution in [0.4, 0.5) is 8.78 Å². The topological polar surface area (TPSA) is 43.8 Å². The maximum Gasteiger partial charge on any atom is 0.126 e. The van der Waals surface area contributed by atoms with E-state index in [0.717, 1.165) is 17.5 Å². The Morgan fingerprint density at radius 1 is 1.22 bits per heavy atom. The summed E-state index contributed by atoms with van der Waals surface area (Å²) >= 11 is 0. The summed E-state index contributed by atoms with van der Waals surface area (Å²) < 4.78 is 28.1. The van der Waals surface area contributed by atoms with Crippen LogP contribution < -0.4 is 5.73 Å². The number of hydrogen-bond donors (Lipinski definition) is 1. The number of rotatable bonds is 3. The van der Waals surface area contributed by atoms with Gasteiger partial charge in [0.15, 0.2) is 0 Å². The van der Waals surface area contributed by atoms with Crippen molar-refractivity contribution in [1.29, 1.82) is 0 Å². The van der Waals surface area contributed by atoms with Gasteiger partial charge in [-0.3, -0.25) is 4.68 Å². The number of aromatic nitrogens is 2. The molecule has 0 aliphatic carbocycles. The van der Waals surface area contributed by atoms with E-state index in [-0.39, 0.29) is 0 Å². The lowest BCUT2D eigenvalue weighted by atomic mass is 10.0. The molecule has 0 aliphatic rings. The smallest absolute Gasteiger partial charge is 0.126 e. The minimum absolute atomic E-state index is 0.405. The van der Waals surface area contributed by atoms with Gasteiger partial charge in [-0.2, -0.15) is 5.10 Å². The first kappa shape index (κ1) is 12.7. The molecular weight excluding hydrogens is 236 g/mol. The average Bonchev–Trinajstić information content (AvgIpc) is 2.68. The van der Waals surface area contributed by atoms with Crippen LogP contribution in [-0.2, 0) is 6.54 Å². The fraction of sp³-hybridized carbons (Fsp3) is 0.308. The van der Waals surface area contributed by atoms with Crippen LogP contribution in [0, 0.1) is 18.6 Å². The molecule has 0 amide bonds. The second-order valence-electron chi connectivity index (χ2n) is 4.21. The molecule has 1 atom stereocenters. The Bertz CT molecular complexity index is 543. The quantitative estimate of drug-likeness (QED) is 0.911. The predicted octanol–water partition coefficient (Wildman–Crippen LogP) is 2.54. The number of aryl methyl sites for hydroxylation is 2. The first-order valence-corrected chi connectivity index (χ1v) is 5.77. The third-order valence-electron chi connectivity index (χ3n) is 2.80. The SMILES string of the molecule is CCn1nc(C)cc1C(N)c1cc(F)cc(F)c1. The highest BCUT2D eigenvalue weighted by atomic mass is 19.1. The van der Waals surface area contributed by atoms with Crippen molar-refractivity contribution in [2.75, 3.05) is 0 Å². The molecule has 0 fully saturated rings. The van der Waals surface area contributed by atoms with Gasteiger partial charge in [0.1, 0.15) is 11.6 Å². The van der Waals surface area contributed by atoms with Gasteiger partial charge in [-0.25, -0.2) is 8.78 Å². The van der Waals surface area contributed by atoms with Crippen molar-refractivity contribution in [3.8, 4) is 0 Å². The van der Waals surface area contributed by atoms with E-state index in [9.17, 15) is 8.78 Å². The molecule has 0 saturated carbocycles. The highest BCUT2D eigenvalue weighted by molar-refractivity contribution is 5.29. The molecule has 1 aromatic heterocycles. The third-order valence-corrected chi connectivity index (χ3v) is 2.80. The van der Waals surface area contributed by atoms with Crippen LogP contribution in [-0.4, -0.2) is 9.78 Å². The van der Waals surface area contributed by atoms with E-state index in [1.54, 1.807) is 4.68 Å². The summed E-state index contributed by atoms with van der Waals surface area (Å²) in [5.41, 5.74) is 8.04. The van der Waals surface area contributed by atoms with Gasteiger partial charge in [0.25, 0.3) is 0 Å². The molecule has 1 heterocycles. The summed E-state index contributed by atoms with van der Waals surface area (Å²) in [6, 6.07) is 4.57. The molecule has 2 aromatic rings. The number of nitrogens with zero attached hydrogens (tertiary/aromatic N) is 2. The second kappa shape index (κ2) is 4.86. The summed E-state index contributed by atoms with van der Waals surface area (Å²) in [4.78, 5) is 0. The fourth-order valence-corrected chi connectivity index (χ4v) is 1.99. The summed E-state index contributed by atoms with van der Waals surface area (Å²) in [5, 5.41) is 4.27. The van der Waals surface area contributed by atoms with Gasteiger partial charge in [0, 0.05) is 12.6 Å². The molecule has 2 rings (SSSR count). The Morgan fingerprint density at radius 3 is 2.39 bits per heavy atom. The van der Waals surface area contributed by atoms with Crippen LogP contribution in [0.3, 0.4) is 0 Å². The maximum absolute atomic E-state index is 13.2. The van der Waals surface area contributed by atoms with Crippen molar-refractivity contribution >= 4 is 0 Å². The zero-order chi connectivity index (χ0) is 13.3. The van der Waals surface area contributed by atoms with Crippen molar-refractivity contribution in [1.82, 2.24) is 9.78 Å². The first-order valence-electron chi connectivity index (χ1n) is 5.77. The Morgan fingerprint density at radius 2 is 1.83 bits per heavy atom. The summed E-state index contributed by atoms with van der Waals surface area (Å²) in [6.45, 7) is 4.46. The normalized spacial score (nSPS) is 12.7. The van der Waals surface area contributed by atoms with E-state index in [0.29, 0.717) is 12.1 Å². The minimum Gasteiger partial charge on any atom is -0.319 e. The molecule has 1 aromatic carbocycles. The van der Waals surface area contributed by atoms with Crippen LogP contribution >= 0.6 is 0 Å². The summed E-state index contributed by atoms with van der Waals surface area (Å²) in [6.07, 6.45) is 0. The Hall–Kier alpha value is -1.75. The molecule has 96 valence electrons. The van der Waals surface area contributed by atoms with Gasteiger partial charge >= 0.3 is 0 Å². The van der Waals surface area contributed by atoms with Gasteiger partial charge in [-0.05, 0) is 37.6 Å². The molecule has 0 radical (unpaired) electrons. The van der Waals surface area contributed by atoms with Crippen molar-refractivity contribution < 1.29 is 8.78 Å². The standard InChI is InChI=1S/C13H15F2N3/c1-3-18-12(4-8(2)17-18)13(16)9-5-10(14)7-11(15)6-9/h4-7,13H,3,16H2,1-2H3. The Balaban J connectivity index is 2.43. The van der Waals surface area contributed by atoms with E-state index >= 15 is 0 Å². The maximum atomic E-state index is 13.2. The van der Waals surface area contributed by atoms with Gasteiger partial charge in [-0.15, -0.1) is 0 Å². The lowest BCUT2D eigenvalue weighted by Gasteiger charge is -2.14. The van der Waals surface area contributed by atoms with Gasteiger partial charge in [0.05, 0.1) is 17.4 Å². The monoisotopic (exact) mass is 251 g/mol. The number of hydrogen-bond acceptors (Lipinski definition) is 2. The van der Waals surface area contributed by atoms with E-state index in [1.807, 2.05) is 19.9 Å². The Kier molecular flexibility index (Phi) is 3.43. The van der Waals surface area contributed by atoms with Crippen LogP contribution in [0.1, 0.15) is 29.9 Å². The van der Waals surface area contributed by atoms with Crippen LogP contribution in [0.25, 0.3) is 0 Å².